The average molecular weight is 384 g/mol. The van der Waals surface area contributed by atoms with Gasteiger partial charge in [-0.2, -0.15) is 4.57 Å². The van der Waals surface area contributed by atoms with E-state index in [1.165, 1.54) is 16.8 Å². The van der Waals surface area contributed by atoms with E-state index in [0.717, 1.165) is 29.0 Å². The van der Waals surface area contributed by atoms with Crippen LogP contribution in [0.25, 0.3) is 0 Å². The van der Waals surface area contributed by atoms with Crippen LogP contribution in [0, 0.1) is 0 Å². The molecule has 4 aliphatic rings. The molecule has 0 amide bonds. The van der Waals surface area contributed by atoms with Crippen molar-refractivity contribution in [1.82, 2.24) is 0 Å². The van der Waals surface area contributed by atoms with Gasteiger partial charge in [-0.1, -0.05) is 6.07 Å². The molecule has 2 atom stereocenters. The highest BCUT2D eigenvalue weighted by Gasteiger charge is 2.61. The fourth-order valence-corrected chi connectivity index (χ4v) is 5.80. The first kappa shape index (κ1) is 15.5. The van der Waals surface area contributed by atoms with Gasteiger partial charge in [-0.05, 0) is 24.3 Å². The van der Waals surface area contributed by atoms with Crippen LogP contribution in [0.4, 0.5) is 0 Å². The number of aromatic nitrogens is 1. The second-order valence-electron chi connectivity index (χ2n) is 7.98. The fraction of sp³-hybridized carbons (Fsp3) is 0.208. The number of nitrogens with zero attached hydrogens (tertiary/aromatic N) is 1. The van der Waals surface area contributed by atoms with E-state index in [-0.39, 0.29) is 24.2 Å². The molecule has 5 nitrogen and oxygen atoms in total. The van der Waals surface area contributed by atoms with Gasteiger partial charge in [0.25, 0.3) is 0 Å². The first-order valence-corrected chi connectivity index (χ1v) is 9.86. The maximum absolute atomic E-state index is 6.01. The van der Waals surface area contributed by atoms with E-state index in [9.17, 15) is 0 Å². The number of ether oxygens (including phenoxy) is 2. The predicted octanol–water partition coefficient (Wildman–Crippen LogP) is 4.31. The van der Waals surface area contributed by atoms with E-state index in [4.69, 9.17) is 18.3 Å². The number of pyridine rings is 1. The Hall–Kier alpha value is -3.47. The van der Waals surface area contributed by atoms with E-state index < -0.39 is 0 Å². The molecule has 0 radical (unpaired) electrons. The van der Waals surface area contributed by atoms with Gasteiger partial charge in [0.2, 0.25) is 6.79 Å². The lowest BCUT2D eigenvalue weighted by Gasteiger charge is -2.48. The second-order valence-corrected chi connectivity index (χ2v) is 7.98. The average Bonchev–Trinajstić information content (AvgIpc) is 3.56. The van der Waals surface area contributed by atoms with Crippen molar-refractivity contribution in [2.45, 2.75) is 23.8 Å². The maximum Gasteiger partial charge on any atom is 0.231 e. The van der Waals surface area contributed by atoms with E-state index in [1.54, 1.807) is 12.5 Å². The monoisotopic (exact) mass is 384 g/mol. The lowest BCUT2D eigenvalue weighted by Crippen LogP contribution is -2.59. The Balaban J connectivity index is 1.62. The number of hydrogen-bond acceptors (Lipinski definition) is 4. The van der Waals surface area contributed by atoms with Crippen molar-refractivity contribution in [3.05, 3.63) is 102 Å². The highest BCUT2D eigenvalue weighted by molar-refractivity contribution is 5.62. The van der Waals surface area contributed by atoms with Crippen LogP contribution in [-0.2, 0) is 5.41 Å². The third-order valence-electron chi connectivity index (χ3n) is 6.89. The van der Waals surface area contributed by atoms with Gasteiger partial charge in [0.15, 0.2) is 29.4 Å². The summed E-state index contributed by atoms with van der Waals surface area (Å²) in [6.07, 6.45) is 10.4. The lowest BCUT2D eigenvalue weighted by atomic mass is 9.54. The number of furan rings is 2. The molecule has 142 valence electrons. The maximum atomic E-state index is 6.01. The molecule has 1 aromatic carbocycles. The number of hydrogen-bond donors (Lipinski definition) is 0. The summed E-state index contributed by atoms with van der Waals surface area (Å²) in [7, 11) is 0. The summed E-state index contributed by atoms with van der Waals surface area (Å²) >= 11 is 0. The van der Waals surface area contributed by atoms with Crippen molar-refractivity contribution in [3.8, 4) is 11.5 Å². The Morgan fingerprint density at radius 1 is 0.897 bits per heavy atom. The van der Waals surface area contributed by atoms with Crippen LogP contribution < -0.4 is 14.0 Å². The molecular formula is C24H18NO4+. The standard InChI is InChI=1S/C24H18NO4/c1-2-8-25-18(3-1)22-21-17(4-5-20-23(21)29-14-28-20)19(25)11-24(22,15-6-9-26-12-15)16-7-10-27-13-16/h1-10,12-13,19,22H,11,14H2/q+1/t19-,22-/m1/s1. The Bertz CT molecular complexity index is 1190. The molecule has 6 heterocycles. The normalized spacial score (nSPS) is 22.3. The van der Waals surface area contributed by atoms with Gasteiger partial charge in [-0.3, -0.25) is 0 Å². The zero-order valence-corrected chi connectivity index (χ0v) is 15.6. The molecule has 0 fully saturated rings. The minimum atomic E-state index is -0.305. The van der Waals surface area contributed by atoms with Crippen molar-refractivity contribution >= 4 is 0 Å². The zero-order valence-electron chi connectivity index (χ0n) is 15.6. The molecule has 1 aliphatic carbocycles. The molecule has 0 saturated heterocycles. The van der Waals surface area contributed by atoms with Gasteiger partial charge >= 0.3 is 0 Å². The molecule has 0 N–H and O–H groups in total. The van der Waals surface area contributed by atoms with Gasteiger partial charge in [-0.25, -0.2) is 0 Å². The first-order chi connectivity index (χ1) is 14.4. The first-order valence-electron chi connectivity index (χ1n) is 9.86. The van der Waals surface area contributed by atoms with Crippen LogP contribution in [0.2, 0.25) is 0 Å². The lowest BCUT2D eigenvalue weighted by molar-refractivity contribution is -0.732. The smallest absolute Gasteiger partial charge is 0.231 e. The quantitative estimate of drug-likeness (QED) is 0.483. The predicted molar refractivity (Wildman–Crippen MR) is 102 cm³/mol. The summed E-state index contributed by atoms with van der Waals surface area (Å²) in [5.74, 6) is 1.76. The summed E-state index contributed by atoms with van der Waals surface area (Å²) < 4.78 is 25.3. The summed E-state index contributed by atoms with van der Waals surface area (Å²) in [6, 6.07) is 15.0. The van der Waals surface area contributed by atoms with Crippen LogP contribution >= 0.6 is 0 Å². The second kappa shape index (κ2) is 5.32. The van der Waals surface area contributed by atoms with E-state index in [1.807, 2.05) is 18.6 Å². The Morgan fingerprint density at radius 2 is 1.72 bits per heavy atom. The molecule has 5 heteroatoms. The molecule has 0 saturated carbocycles. The van der Waals surface area contributed by atoms with Crippen molar-refractivity contribution in [1.29, 1.82) is 0 Å². The zero-order chi connectivity index (χ0) is 19.0. The summed E-state index contributed by atoms with van der Waals surface area (Å²) in [6.45, 7) is 0.266. The minimum Gasteiger partial charge on any atom is -0.472 e. The summed E-state index contributed by atoms with van der Waals surface area (Å²) in [5.41, 5.74) is 5.82. The van der Waals surface area contributed by atoms with Crippen molar-refractivity contribution in [2.75, 3.05) is 6.79 Å². The van der Waals surface area contributed by atoms with Crippen LogP contribution in [0.1, 0.15) is 46.3 Å². The Labute approximate surface area is 167 Å². The van der Waals surface area contributed by atoms with Crippen LogP contribution in [-0.4, -0.2) is 6.79 Å². The van der Waals surface area contributed by atoms with Gasteiger partial charge < -0.3 is 18.3 Å². The molecule has 3 aliphatic heterocycles. The molecular weight excluding hydrogens is 366 g/mol. The van der Waals surface area contributed by atoms with Gasteiger partial charge in [0, 0.05) is 40.8 Å². The van der Waals surface area contributed by atoms with Crippen LogP contribution in [0.3, 0.4) is 0 Å². The summed E-state index contributed by atoms with van der Waals surface area (Å²) in [5, 5.41) is 0. The molecule has 4 aromatic rings. The minimum absolute atomic E-state index is 0.0514. The Morgan fingerprint density at radius 3 is 2.48 bits per heavy atom. The van der Waals surface area contributed by atoms with Gasteiger partial charge in [0.1, 0.15) is 0 Å². The van der Waals surface area contributed by atoms with Crippen LogP contribution in [0.15, 0.2) is 82.5 Å². The molecule has 0 unspecified atom stereocenters. The SMILES string of the molecule is c1cc[n+]2c(c1)[C@@H]1c3c(ccc4c3OCO4)[C@H]2CC1(c1ccoc1)c1ccoc1. The molecule has 8 rings (SSSR count). The van der Waals surface area contributed by atoms with E-state index >= 15 is 0 Å². The highest BCUT2D eigenvalue weighted by atomic mass is 16.7. The molecule has 2 bridgehead atoms. The van der Waals surface area contributed by atoms with Gasteiger partial charge in [-0.15, -0.1) is 0 Å². The Kier molecular flexibility index (Phi) is 2.83. The van der Waals surface area contributed by atoms with Crippen molar-refractivity contribution in [3.63, 3.8) is 0 Å². The van der Waals surface area contributed by atoms with Crippen molar-refractivity contribution in [2.24, 2.45) is 0 Å². The highest BCUT2D eigenvalue weighted by Crippen LogP contribution is 2.62. The number of rotatable bonds is 2. The topological polar surface area (TPSA) is 48.6 Å². The van der Waals surface area contributed by atoms with E-state index in [2.05, 4.69) is 47.2 Å². The van der Waals surface area contributed by atoms with Crippen molar-refractivity contribution < 1.29 is 22.9 Å². The molecule has 3 aromatic heterocycles. The largest absolute Gasteiger partial charge is 0.472 e. The summed E-state index contributed by atoms with van der Waals surface area (Å²) in [4.78, 5) is 0. The number of benzene rings is 1. The van der Waals surface area contributed by atoms with Crippen LogP contribution in [0.5, 0.6) is 11.5 Å². The number of fused-ring (bicyclic) bond motifs is 2. The molecule has 0 spiro atoms. The van der Waals surface area contributed by atoms with Gasteiger partial charge in [0.05, 0.1) is 36.4 Å². The van der Waals surface area contributed by atoms with E-state index in [0.29, 0.717) is 0 Å². The third kappa shape index (κ3) is 1.78. The third-order valence-corrected chi connectivity index (χ3v) is 6.89. The molecule has 29 heavy (non-hydrogen) atoms. The fourth-order valence-electron chi connectivity index (χ4n) is 5.80.